The van der Waals surface area contributed by atoms with Crippen molar-refractivity contribution >= 4 is 28.4 Å². The monoisotopic (exact) mass is 298 g/mol. The van der Waals surface area contributed by atoms with Gasteiger partial charge < -0.3 is 5.73 Å². The Kier molecular flexibility index (Phi) is 3.27. The number of rotatable bonds is 2. The van der Waals surface area contributed by atoms with E-state index in [9.17, 15) is 4.79 Å². The minimum absolute atomic E-state index is 0.188. The molecule has 2 N–H and O–H groups in total. The second-order valence-electron chi connectivity index (χ2n) is 4.59. The highest BCUT2D eigenvalue weighted by Crippen LogP contribution is 2.23. The number of aryl methyl sites for hydroxylation is 1. The Balaban J connectivity index is 2.10. The summed E-state index contributed by atoms with van der Waals surface area (Å²) < 4.78 is 0. The molecule has 0 saturated heterocycles. The first-order valence-corrected chi connectivity index (χ1v) is 6.62. The molecule has 6 heteroatoms. The van der Waals surface area contributed by atoms with Gasteiger partial charge in [-0.1, -0.05) is 17.7 Å². The minimum Gasteiger partial charge on any atom is -0.364 e. The standard InChI is InChI=1S/C15H11ClN4O/c1-8-14(15(17)21)18-7-12(19-8)10-2-4-11-9(6-10)3-5-13(16)20-11/h2-7H,1H3,(H2,17,21). The summed E-state index contributed by atoms with van der Waals surface area (Å²) in [5.74, 6) is -0.580. The number of primary amides is 1. The highest BCUT2D eigenvalue weighted by molar-refractivity contribution is 6.29. The van der Waals surface area contributed by atoms with Gasteiger partial charge >= 0.3 is 0 Å². The van der Waals surface area contributed by atoms with Crippen LogP contribution in [0.15, 0.2) is 36.5 Å². The van der Waals surface area contributed by atoms with Crippen LogP contribution in [-0.2, 0) is 0 Å². The summed E-state index contributed by atoms with van der Waals surface area (Å²) in [5, 5.41) is 1.41. The van der Waals surface area contributed by atoms with Crippen molar-refractivity contribution in [2.45, 2.75) is 6.92 Å². The van der Waals surface area contributed by atoms with Crippen LogP contribution >= 0.6 is 11.6 Å². The fraction of sp³-hybridized carbons (Fsp3) is 0.0667. The van der Waals surface area contributed by atoms with Crippen LogP contribution in [0.25, 0.3) is 22.2 Å². The molecule has 3 aromatic rings. The Morgan fingerprint density at radius 3 is 2.71 bits per heavy atom. The third-order valence-electron chi connectivity index (χ3n) is 3.13. The number of benzene rings is 1. The van der Waals surface area contributed by atoms with E-state index in [0.717, 1.165) is 16.5 Å². The average Bonchev–Trinajstić information content (AvgIpc) is 2.46. The van der Waals surface area contributed by atoms with Crippen LogP contribution in [-0.4, -0.2) is 20.9 Å². The summed E-state index contributed by atoms with van der Waals surface area (Å²) in [4.78, 5) is 23.9. The average molecular weight is 299 g/mol. The van der Waals surface area contributed by atoms with Gasteiger partial charge in [0, 0.05) is 10.9 Å². The number of halogens is 1. The third kappa shape index (κ3) is 2.55. The topological polar surface area (TPSA) is 81.8 Å². The van der Waals surface area contributed by atoms with E-state index in [1.54, 1.807) is 13.0 Å². The first-order chi connectivity index (χ1) is 10.0. The number of nitrogens with zero attached hydrogens (tertiary/aromatic N) is 3. The Morgan fingerprint density at radius 2 is 2.00 bits per heavy atom. The molecule has 21 heavy (non-hydrogen) atoms. The molecule has 1 amide bonds. The lowest BCUT2D eigenvalue weighted by molar-refractivity contribution is 0.0994. The zero-order valence-electron chi connectivity index (χ0n) is 11.2. The summed E-state index contributed by atoms with van der Waals surface area (Å²) >= 11 is 5.87. The molecule has 104 valence electrons. The van der Waals surface area contributed by atoms with Crippen molar-refractivity contribution in [2.24, 2.45) is 5.73 Å². The SMILES string of the molecule is Cc1nc(-c2ccc3nc(Cl)ccc3c2)cnc1C(N)=O. The molecule has 0 aliphatic heterocycles. The molecule has 5 nitrogen and oxygen atoms in total. The van der Waals surface area contributed by atoms with Crippen LogP contribution in [0.2, 0.25) is 5.15 Å². The molecule has 0 spiro atoms. The highest BCUT2D eigenvalue weighted by Gasteiger charge is 2.10. The first-order valence-electron chi connectivity index (χ1n) is 6.25. The van der Waals surface area contributed by atoms with Crippen LogP contribution in [0, 0.1) is 6.92 Å². The summed E-state index contributed by atoms with van der Waals surface area (Å²) in [5.41, 5.74) is 8.30. The van der Waals surface area contributed by atoms with Gasteiger partial charge in [-0.05, 0) is 31.2 Å². The van der Waals surface area contributed by atoms with E-state index in [4.69, 9.17) is 17.3 Å². The van der Waals surface area contributed by atoms with Gasteiger partial charge in [0.25, 0.3) is 5.91 Å². The fourth-order valence-electron chi connectivity index (χ4n) is 2.12. The molecule has 0 aliphatic carbocycles. The number of fused-ring (bicyclic) bond motifs is 1. The van der Waals surface area contributed by atoms with Crippen molar-refractivity contribution < 1.29 is 4.79 Å². The van der Waals surface area contributed by atoms with Crippen LogP contribution < -0.4 is 5.73 Å². The number of pyridine rings is 1. The molecular formula is C15H11ClN4O. The van der Waals surface area contributed by atoms with Gasteiger partial charge in [0.15, 0.2) is 0 Å². The maximum atomic E-state index is 11.2. The second-order valence-corrected chi connectivity index (χ2v) is 4.98. The van der Waals surface area contributed by atoms with Gasteiger partial charge in [-0.3, -0.25) is 4.79 Å². The first kappa shape index (κ1) is 13.5. The van der Waals surface area contributed by atoms with E-state index in [0.29, 0.717) is 16.5 Å². The van der Waals surface area contributed by atoms with E-state index in [-0.39, 0.29) is 5.69 Å². The Hall–Kier alpha value is -2.53. The molecule has 3 rings (SSSR count). The van der Waals surface area contributed by atoms with Crippen molar-refractivity contribution in [1.29, 1.82) is 0 Å². The van der Waals surface area contributed by atoms with Crippen LogP contribution in [0.1, 0.15) is 16.2 Å². The largest absolute Gasteiger partial charge is 0.364 e. The highest BCUT2D eigenvalue weighted by atomic mass is 35.5. The van der Waals surface area contributed by atoms with E-state index in [1.165, 1.54) is 6.20 Å². The Labute approximate surface area is 125 Å². The smallest absolute Gasteiger partial charge is 0.269 e. The number of amides is 1. The maximum absolute atomic E-state index is 11.2. The van der Waals surface area contributed by atoms with E-state index in [1.807, 2.05) is 24.3 Å². The second kappa shape index (κ2) is 5.10. The zero-order chi connectivity index (χ0) is 15.0. The van der Waals surface area contributed by atoms with Gasteiger partial charge in [-0.2, -0.15) is 0 Å². The molecule has 0 saturated carbocycles. The molecule has 0 bridgehead atoms. The van der Waals surface area contributed by atoms with Crippen LogP contribution in [0.3, 0.4) is 0 Å². The molecule has 0 aliphatic rings. The van der Waals surface area contributed by atoms with E-state index < -0.39 is 5.91 Å². The zero-order valence-corrected chi connectivity index (χ0v) is 11.9. The molecule has 2 heterocycles. The van der Waals surface area contributed by atoms with E-state index in [2.05, 4.69) is 15.0 Å². The minimum atomic E-state index is -0.580. The molecule has 2 aromatic heterocycles. The molecule has 0 atom stereocenters. The third-order valence-corrected chi connectivity index (χ3v) is 3.34. The Morgan fingerprint density at radius 1 is 1.19 bits per heavy atom. The summed E-state index contributed by atoms with van der Waals surface area (Å²) in [6.07, 6.45) is 1.54. The lowest BCUT2D eigenvalue weighted by Gasteiger charge is -2.06. The summed E-state index contributed by atoms with van der Waals surface area (Å²) in [6, 6.07) is 9.34. The van der Waals surface area contributed by atoms with Gasteiger partial charge in [-0.15, -0.1) is 0 Å². The number of hydrogen-bond acceptors (Lipinski definition) is 4. The predicted molar refractivity (Wildman–Crippen MR) is 81.0 cm³/mol. The fourth-order valence-corrected chi connectivity index (χ4v) is 2.28. The van der Waals surface area contributed by atoms with Crippen LogP contribution in [0.5, 0.6) is 0 Å². The van der Waals surface area contributed by atoms with Gasteiger partial charge in [0.2, 0.25) is 0 Å². The van der Waals surface area contributed by atoms with Crippen LogP contribution in [0.4, 0.5) is 0 Å². The molecule has 1 aromatic carbocycles. The molecule has 0 radical (unpaired) electrons. The van der Waals surface area contributed by atoms with Crippen molar-refractivity contribution in [1.82, 2.24) is 15.0 Å². The van der Waals surface area contributed by atoms with Crippen molar-refractivity contribution in [3.8, 4) is 11.3 Å². The van der Waals surface area contributed by atoms with Gasteiger partial charge in [0.05, 0.1) is 23.1 Å². The maximum Gasteiger partial charge on any atom is 0.269 e. The molecule has 0 unspecified atom stereocenters. The number of nitrogens with two attached hydrogens (primary N) is 1. The molecular weight excluding hydrogens is 288 g/mol. The lowest BCUT2D eigenvalue weighted by atomic mass is 10.1. The quantitative estimate of drug-likeness (QED) is 0.738. The molecule has 0 fully saturated rings. The van der Waals surface area contributed by atoms with Crippen molar-refractivity contribution in [3.63, 3.8) is 0 Å². The number of carbonyl (C=O) groups is 1. The van der Waals surface area contributed by atoms with E-state index >= 15 is 0 Å². The summed E-state index contributed by atoms with van der Waals surface area (Å²) in [6.45, 7) is 1.71. The summed E-state index contributed by atoms with van der Waals surface area (Å²) in [7, 11) is 0. The predicted octanol–water partition coefficient (Wildman–Crippen LogP) is 2.75. The van der Waals surface area contributed by atoms with Gasteiger partial charge in [0.1, 0.15) is 10.8 Å². The lowest BCUT2D eigenvalue weighted by Crippen LogP contribution is -2.15. The normalized spacial score (nSPS) is 10.8. The van der Waals surface area contributed by atoms with Gasteiger partial charge in [-0.25, -0.2) is 15.0 Å². The number of hydrogen-bond donors (Lipinski definition) is 1. The van der Waals surface area contributed by atoms with Crippen molar-refractivity contribution in [2.75, 3.05) is 0 Å². The van der Waals surface area contributed by atoms with Crippen molar-refractivity contribution in [3.05, 3.63) is 53.1 Å². The number of carbonyl (C=O) groups excluding carboxylic acids is 1. The number of aromatic nitrogens is 3. The Bertz CT molecular complexity index is 863.